The smallest absolute Gasteiger partial charge is 0.229 e. The molecule has 0 radical (unpaired) electrons. The van der Waals surface area contributed by atoms with E-state index in [2.05, 4.69) is 5.32 Å². The van der Waals surface area contributed by atoms with Crippen LogP contribution in [0.4, 0.5) is 4.39 Å². The number of hydrogen-bond donors (Lipinski definition) is 1. The van der Waals surface area contributed by atoms with Crippen molar-refractivity contribution >= 4 is 11.8 Å². The normalized spacial score (nSPS) is 23.9. The number of piperidine rings is 1. The van der Waals surface area contributed by atoms with Crippen LogP contribution in [-0.2, 0) is 9.59 Å². The number of likely N-dealkylation sites (tertiary alicyclic amines) is 1. The van der Waals surface area contributed by atoms with Crippen molar-refractivity contribution in [1.29, 1.82) is 0 Å². The summed E-state index contributed by atoms with van der Waals surface area (Å²) in [5.74, 6) is 0.0321. The minimum absolute atomic E-state index is 0.0448. The molecule has 2 amide bonds. The minimum atomic E-state index is -0.430. The summed E-state index contributed by atoms with van der Waals surface area (Å²) in [5, 5.41) is 3.21. The van der Waals surface area contributed by atoms with E-state index in [1.54, 1.807) is 12.1 Å². The zero-order valence-electron chi connectivity index (χ0n) is 15.3. The second kappa shape index (κ2) is 7.46. The number of amides is 2. The maximum atomic E-state index is 13.6. The van der Waals surface area contributed by atoms with Crippen LogP contribution in [0.15, 0.2) is 18.2 Å². The first-order chi connectivity index (χ1) is 13.1. The van der Waals surface area contributed by atoms with Crippen LogP contribution in [0.25, 0.3) is 0 Å². The summed E-state index contributed by atoms with van der Waals surface area (Å²) >= 11 is 0. The molecule has 1 aromatic rings. The van der Waals surface area contributed by atoms with Crippen molar-refractivity contribution in [2.45, 2.75) is 44.6 Å². The van der Waals surface area contributed by atoms with Crippen LogP contribution >= 0.6 is 0 Å². The zero-order chi connectivity index (χ0) is 18.9. The topological polar surface area (TPSA) is 67.9 Å². The lowest BCUT2D eigenvalue weighted by molar-refractivity contribution is -0.153. The van der Waals surface area contributed by atoms with Crippen molar-refractivity contribution in [1.82, 2.24) is 10.2 Å². The second-order valence-corrected chi connectivity index (χ2v) is 7.82. The molecule has 1 aromatic carbocycles. The van der Waals surface area contributed by atoms with E-state index in [9.17, 15) is 14.0 Å². The molecule has 0 aromatic heterocycles. The third-order valence-electron chi connectivity index (χ3n) is 5.84. The molecule has 27 heavy (non-hydrogen) atoms. The quantitative estimate of drug-likeness (QED) is 0.631. The average molecular weight is 376 g/mol. The van der Waals surface area contributed by atoms with Crippen molar-refractivity contribution in [3.05, 3.63) is 24.0 Å². The molecular formula is C20H25FN2O4. The van der Waals surface area contributed by atoms with Gasteiger partial charge in [-0.3, -0.25) is 14.5 Å². The number of imide groups is 1. The second-order valence-electron chi connectivity index (χ2n) is 7.82. The standard InChI is InChI=1S/C20H25FN2O4/c21-15-4-3-5-16-19(15)26-13-14(27-16)12-22-8-9-23-17(24)10-20(11-18(23)25)6-1-2-7-20/h3-5,14,22H,1-2,6-13H2. The van der Waals surface area contributed by atoms with Crippen molar-refractivity contribution in [3.63, 3.8) is 0 Å². The van der Waals surface area contributed by atoms with Gasteiger partial charge in [0, 0.05) is 32.5 Å². The summed E-state index contributed by atoms with van der Waals surface area (Å²) in [5.41, 5.74) is -0.0615. The summed E-state index contributed by atoms with van der Waals surface area (Å²) in [6, 6.07) is 4.59. The van der Waals surface area contributed by atoms with Gasteiger partial charge in [0.15, 0.2) is 17.3 Å². The first-order valence-electron chi connectivity index (χ1n) is 9.68. The molecule has 2 heterocycles. The molecule has 1 unspecified atom stereocenters. The summed E-state index contributed by atoms with van der Waals surface area (Å²) in [6.07, 6.45) is 5.00. The Bertz CT molecular complexity index is 713. The predicted octanol–water partition coefficient (Wildman–Crippen LogP) is 2.26. The van der Waals surface area contributed by atoms with Gasteiger partial charge in [-0.05, 0) is 30.4 Å². The molecule has 1 saturated carbocycles. The van der Waals surface area contributed by atoms with E-state index < -0.39 is 5.82 Å². The fraction of sp³-hybridized carbons (Fsp3) is 0.600. The third-order valence-corrected chi connectivity index (χ3v) is 5.84. The highest BCUT2D eigenvalue weighted by molar-refractivity contribution is 5.98. The Hall–Kier alpha value is -2.15. The van der Waals surface area contributed by atoms with Gasteiger partial charge in [-0.25, -0.2) is 4.39 Å². The van der Waals surface area contributed by atoms with Crippen molar-refractivity contribution in [3.8, 4) is 11.5 Å². The molecule has 7 heteroatoms. The number of carbonyl (C=O) groups is 2. The zero-order valence-corrected chi connectivity index (χ0v) is 15.3. The lowest BCUT2D eigenvalue weighted by Gasteiger charge is -2.37. The van der Waals surface area contributed by atoms with Crippen LogP contribution < -0.4 is 14.8 Å². The van der Waals surface area contributed by atoms with E-state index in [4.69, 9.17) is 9.47 Å². The van der Waals surface area contributed by atoms with Gasteiger partial charge in [0.05, 0.1) is 0 Å². The number of para-hydroxylation sites is 1. The van der Waals surface area contributed by atoms with Gasteiger partial charge in [0.1, 0.15) is 12.7 Å². The van der Waals surface area contributed by atoms with Gasteiger partial charge in [0.25, 0.3) is 0 Å². The lowest BCUT2D eigenvalue weighted by Crippen LogP contribution is -2.50. The molecule has 4 rings (SSSR count). The van der Waals surface area contributed by atoms with E-state index in [1.165, 1.54) is 11.0 Å². The van der Waals surface area contributed by atoms with Gasteiger partial charge in [-0.1, -0.05) is 18.9 Å². The van der Waals surface area contributed by atoms with Crippen LogP contribution in [0, 0.1) is 11.2 Å². The van der Waals surface area contributed by atoms with Crippen molar-refractivity contribution in [2.75, 3.05) is 26.2 Å². The Kier molecular flexibility index (Phi) is 5.04. The number of halogens is 1. The van der Waals surface area contributed by atoms with Gasteiger partial charge >= 0.3 is 0 Å². The highest BCUT2D eigenvalue weighted by Crippen LogP contribution is 2.46. The summed E-state index contributed by atoms with van der Waals surface area (Å²) in [7, 11) is 0. The number of nitrogens with one attached hydrogen (secondary N) is 1. The van der Waals surface area contributed by atoms with Crippen molar-refractivity contribution in [2.24, 2.45) is 5.41 Å². The lowest BCUT2D eigenvalue weighted by atomic mass is 9.76. The molecule has 2 fully saturated rings. The van der Waals surface area contributed by atoms with Crippen LogP contribution in [0.1, 0.15) is 38.5 Å². The molecule has 1 aliphatic carbocycles. The molecule has 1 saturated heterocycles. The Morgan fingerprint density at radius 3 is 2.67 bits per heavy atom. The molecule has 0 bridgehead atoms. The number of benzene rings is 1. The highest BCUT2D eigenvalue weighted by atomic mass is 19.1. The first-order valence-corrected chi connectivity index (χ1v) is 9.68. The third kappa shape index (κ3) is 3.78. The number of rotatable bonds is 5. The number of hydrogen-bond acceptors (Lipinski definition) is 5. The predicted molar refractivity (Wildman–Crippen MR) is 96.0 cm³/mol. The van der Waals surface area contributed by atoms with Gasteiger partial charge in [-0.2, -0.15) is 0 Å². The molecule has 1 N–H and O–H groups in total. The molecule has 1 spiro atoms. The first kappa shape index (κ1) is 18.2. The van der Waals surface area contributed by atoms with Gasteiger partial charge in [-0.15, -0.1) is 0 Å². The number of ether oxygens (including phenoxy) is 2. The largest absolute Gasteiger partial charge is 0.483 e. The monoisotopic (exact) mass is 376 g/mol. The van der Waals surface area contributed by atoms with Crippen LogP contribution in [-0.4, -0.2) is 49.1 Å². The van der Waals surface area contributed by atoms with Crippen LogP contribution in [0.2, 0.25) is 0 Å². The Labute approximate surface area is 158 Å². The fourth-order valence-corrected chi connectivity index (χ4v) is 4.43. The van der Waals surface area contributed by atoms with Gasteiger partial charge < -0.3 is 14.8 Å². The molecule has 3 aliphatic rings. The molecule has 6 nitrogen and oxygen atoms in total. The fourth-order valence-electron chi connectivity index (χ4n) is 4.43. The van der Waals surface area contributed by atoms with E-state index in [0.29, 0.717) is 38.2 Å². The molecule has 1 atom stereocenters. The maximum Gasteiger partial charge on any atom is 0.229 e. The van der Waals surface area contributed by atoms with E-state index >= 15 is 0 Å². The Morgan fingerprint density at radius 1 is 1.19 bits per heavy atom. The van der Waals surface area contributed by atoms with E-state index in [0.717, 1.165) is 25.7 Å². The van der Waals surface area contributed by atoms with Crippen LogP contribution in [0.3, 0.4) is 0 Å². The number of nitrogens with zero attached hydrogens (tertiary/aromatic N) is 1. The SMILES string of the molecule is O=C1CC2(CCCC2)CC(=O)N1CCNCC1COc2c(F)cccc2O1. The summed E-state index contributed by atoms with van der Waals surface area (Å²) < 4.78 is 24.8. The van der Waals surface area contributed by atoms with Gasteiger partial charge in [0.2, 0.25) is 11.8 Å². The summed E-state index contributed by atoms with van der Waals surface area (Å²) in [6.45, 7) is 1.62. The van der Waals surface area contributed by atoms with Crippen molar-refractivity contribution < 1.29 is 23.5 Å². The Balaban J connectivity index is 1.23. The molecule has 146 valence electrons. The van der Waals surface area contributed by atoms with E-state index in [1.807, 2.05) is 0 Å². The maximum absolute atomic E-state index is 13.6. The Morgan fingerprint density at radius 2 is 1.93 bits per heavy atom. The highest BCUT2D eigenvalue weighted by Gasteiger charge is 2.44. The van der Waals surface area contributed by atoms with Crippen LogP contribution in [0.5, 0.6) is 11.5 Å². The average Bonchev–Trinajstić information content (AvgIpc) is 3.08. The number of fused-ring (bicyclic) bond motifs is 1. The molecular weight excluding hydrogens is 351 g/mol. The minimum Gasteiger partial charge on any atom is -0.483 e. The number of carbonyl (C=O) groups excluding carboxylic acids is 2. The summed E-state index contributed by atoms with van der Waals surface area (Å²) in [4.78, 5) is 26.2. The van der Waals surface area contributed by atoms with E-state index in [-0.39, 0.29) is 35.7 Å². The molecule has 2 aliphatic heterocycles.